The van der Waals surface area contributed by atoms with Crippen LogP contribution in [0.5, 0.6) is 0 Å². The highest BCUT2D eigenvalue weighted by molar-refractivity contribution is 5.74. The van der Waals surface area contributed by atoms with Crippen LogP contribution in [0, 0.1) is 17.5 Å². The summed E-state index contributed by atoms with van der Waals surface area (Å²) in [5.41, 5.74) is -0.587. The quantitative estimate of drug-likeness (QED) is 0.486. The molecule has 1 saturated heterocycles. The molecule has 0 radical (unpaired) electrons. The van der Waals surface area contributed by atoms with Gasteiger partial charge in [-0.25, -0.2) is 22.8 Å². The van der Waals surface area contributed by atoms with Crippen molar-refractivity contribution in [2.45, 2.75) is 31.5 Å². The number of piperidine rings is 1. The van der Waals surface area contributed by atoms with Crippen LogP contribution in [0.4, 0.5) is 13.2 Å². The lowest BCUT2D eigenvalue weighted by molar-refractivity contribution is -0.0367. The zero-order valence-electron chi connectivity index (χ0n) is 18.2. The largest absolute Gasteiger partial charge is 0.388 e. The molecule has 2 aromatic carbocycles. The van der Waals surface area contributed by atoms with Crippen LogP contribution in [-0.2, 0) is 13.1 Å². The fourth-order valence-electron chi connectivity index (χ4n) is 4.34. The van der Waals surface area contributed by atoms with Crippen LogP contribution >= 0.6 is 0 Å². The molecule has 0 spiro atoms. The summed E-state index contributed by atoms with van der Waals surface area (Å²) in [5, 5.41) is 15.6. The molecule has 3 heterocycles. The van der Waals surface area contributed by atoms with E-state index in [-0.39, 0.29) is 35.4 Å². The van der Waals surface area contributed by atoms with Gasteiger partial charge in [-0.1, -0.05) is 6.07 Å². The van der Waals surface area contributed by atoms with Gasteiger partial charge in [0.05, 0.1) is 24.0 Å². The van der Waals surface area contributed by atoms with Crippen molar-refractivity contribution in [3.8, 4) is 5.69 Å². The Morgan fingerprint density at radius 2 is 1.68 bits per heavy atom. The summed E-state index contributed by atoms with van der Waals surface area (Å²) < 4.78 is 44.0. The van der Waals surface area contributed by atoms with Gasteiger partial charge in [-0.3, -0.25) is 14.3 Å². The van der Waals surface area contributed by atoms with Crippen LogP contribution in [0.25, 0.3) is 16.7 Å². The zero-order chi connectivity index (χ0) is 23.9. The second-order valence-electron chi connectivity index (χ2n) is 8.65. The first-order chi connectivity index (χ1) is 16.3. The van der Waals surface area contributed by atoms with E-state index in [1.807, 2.05) is 4.90 Å². The molecular weight excluding hydrogens is 447 g/mol. The highest BCUT2D eigenvalue weighted by Crippen LogP contribution is 2.26. The summed E-state index contributed by atoms with van der Waals surface area (Å²) in [4.78, 5) is 19.3. The number of nitrogens with zero attached hydrogens (tertiary/aromatic N) is 5. The maximum Gasteiger partial charge on any atom is 0.264 e. The van der Waals surface area contributed by atoms with E-state index in [0.717, 1.165) is 0 Å². The SMILES string of the molecule is O=c1c2cnn(-c3ccc(F)cc3)c2ncn1CC1(O)CCN(Cc2c(F)cccc2F)CC1. The summed E-state index contributed by atoms with van der Waals surface area (Å²) in [5.74, 6) is -1.56. The third-order valence-electron chi connectivity index (χ3n) is 6.32. The normalized spacial score (nSPS) is 16.2. The van der Waals surface area contributed by atoms with E-state index in [2.05, 4.69) is 10.1 Å². The van der Waals surface area contributed by atoms with Gasteiger partial charge in [0, 0.05) is 25.2 Å². The third-order valence-corrected chi connectivity index (χ3v) is 6.32. The number of fused-ring (bicyclic) bond motifs is 1. The monoisotopic (exact) mass is 469 g/mol. The average Bonchev–Trinajstić information content (AvgIpc) is 3.25. The smallest absolute Gasteiger partial charge is 0.264 e. The van der Waals surface area contributed by atoms with Gasteiger partial charge in [-0.15, -0.1) is 0 Å². The Bertz CT molecular complexity index is 1370. The molecule has 0 atom stereocenters. The van der Waals surface area contributed by atoms with E-state index < -0.39 is 17.2 Å². The summed E-state index contributed by atoms with van der Waals surface area (Å²) >= 11 is 0. The number of halogens is 3. The minimum atomic E-state index is -1.16. The highest BCUT2D eigenvalue weighted by Gasteiger charge is 2.33. The van der Waals surface area contributed by atoms with Crippen molar-refractivity contribution in [1.82, 2.24) is 24.2 Å². The van der Waals surface area contributed by atoms with Crippen LogP contribution in [-0.4, -0.2) is 48.0 Å². The summed E-state index contributed by atoms with van der Waals surface area (Å²) in [7, 11) is 0. The van der Waals surface area contributed by atoms with Crippen LogP contribution in [0.1, 0.15) is 18.4 Å². The first kappa shape index (κ1) is 22.3. The topological polar surface area (TPSA) is 76.2 Å². The Labute approximate surface area is 192 Å². The maximum atomic E-state index is 14.0. The van der Waals surface area contributed by atoms with Crippen molar-refractivity contribution in [3.05, 3.63) is 88.4 Å². The standard InChI is InChI=1S/C24H22F3N5O2/c25-16-4-6-17(7-5-16)32-22-18(12-29-32)23(33)31(15-28-22)14-24(34)8-10-30(11-9-24)13-19-20(26)2-1-3-21(19)27/h1-7,12,15,34H,8-11,13-14H2. The van der Waals surface area contributed by atoms with E-state index in [1.54, 1.807) is 12.1 Å². The maximum absolute atomic E-state index is 14.0. The molecule has 7 nitrogen and oxygen atoms in total. The lowest BCUT2D eigenvalue weighted by Gasteiger charge is -2.38. The fraction of sp³-hybridized carbons (Fsp3) is 0.292. The lowest BCUT2D eigenvalue weighted by atomic mass is 9.91. The van der Waals surface area contributed by atoms with Crippen LogP contribution in [0.2, 0.25) is 0 Å². The van der Waals surface area contributed by atoms with Gasteiger partial charge < -0.3 is 5.11 Å². The minimum Gasteiger partial charge on any atom is -0.388 e. The number of rotatable bonds is 5. The van der Waals surface area contributed by atoms with Gasteiger partial charge >= 0.3 is 0 Å². The Hall–Kier alpha value is -3.50. The Kier molecular flexibility index (Phi) is 5.70. The Morgan fingerprint density at radius 1 is 1.00 bits per heavy atom. The summed E-state index contributed by atoms with van der Waals surface area (Å²) in [6, 6.07) is 9.46. The van der Waals surface area contributed by atoms with Crippen molar-refractivity contribution in [3.63, 3.8) is 0 Å². The number of benzene rings is 2. The highest BCUT2D eigenvalue weighted by atomic mass is 19.1. The van der Waals surface area contributed by atoms with Gasteiger partial charge in [0.25, 0.3) is 5.56 Å². The van der Waals surface area contributed by atoms with E-state index in [9.17, 15) is 23.1 Å². The molecule has 176 valence electrons. The second-order valence-corrected chi connectivity index (χ2v) is 8.65. The van der Waals surface area contributed by atoms with Crippen molar-refractivity contribution in [2.75, 3.05) is 13.1 Å². The van der Waals surface area contributed by atoms with Crippen molar-refractivity contribution < 1.29 is 18.3 Å². The molecule has 0 bridgehead atoms. The number of aliphatic hydroxyl groups is 1. The molecule has 0 amide bonds. The lowest BCUT2D eigenvalue weighted by Crippen LogP contribution is -2.48. The van der Waals surface area contributed by atoms with Gasteiger partial charge in [0.1, 0.15) is 29.2 Å². The molecule has 1 aliphatic rings. The predicted molar refractivity (Wildman–Crippen MR) is 119 cm³/mol. The molecule has 10 heteroatoms. The van der Waals surface area contributed by atoms with Crippen LogP contribution < -0.4 is 5.56 Å². The molecule has 5 rings (SSSR count). The molecule has 1 fully saturated rings. The van der Waals surface area contributed by atoms with E-state index in [0.29, 0.717) is 37.3 Å². The van der Waals surface area contributed by atoms with Gasteiger partial charge in [0.15, 0.2) is 5.65 Å². The average molecular weight is 469 g/mol. The number of hydrogen-bond acceptors (Lipinski definition) is 5. The first-order valence-corrected chi connectivity index (χ1v) is 10.9. The minimum absolute atomic E-state index is 0.0111. The fourth-order valence-corrected chi connectivity index (χ4v) is 4.34. The molecular formula is C24H22F3N5O2. The zero-order valence-corrected chi connectivity index (χ0v) is 18.2. The van der Waals surface area contributed by atoms with Crippen LogP contribution in [0.3, 0.4) is 0 Å². The van der Waals surface area contributed by atoms with E-state index in [1.165, 1.54) is 52.1 Å². The van der Waals surface area contributed by atoms with Gasteiger partial charge in [0.2, 0.25) is 0 Å². The van der Waals surface area contributed by atoms with Gasteiger partial charge in [-0.05, 0) is 49.2 Å². The van der Waals surface area contributed by atoms with Crippen molar-refractivity contribution in [2.24, 2.45) is 0 Å². The Balaban J connectivity index is 1.31. The summed E-state index contributed by atoms with van der Waals surface area (Å²) in [6.07, 6.45) is 3.44. The van der Waals surface area contributed by atoms with Crippen molar-refractivity contribution in [1.29, 1.82) is 0 Å². The van der Waals surface area contributed by atoms with Crippen LogP contribution in [0.15, 0.2) is 59.8 Å². The molecule has 1 N–H and O–H groups in total. The number of likely N-dealkylation sites (tertiary alicyclic amines) is 1. The molecule has 0 saturated carbocycles. The third kappa shape index (κ3) is 4.22. The Morgan fingerprint density at radius 3 is 2.35 bits per heavy atom. The molecule has 34 heavy (non-hydrogen) atoms. The van der Waals surface area contributed by atoms with E-state index >= 15 is 0 Å². The number of aromatic nitrogens is 4. The predicted octanol–water partition coefficient (Wildman–Crippen LogP) is 3.03. The molecule has 0 aliphatic carbocycles. The second kappa shape index (κ2) is 8.69. The summed E-state index contributed by atoms with van der Waals surface area (Å²) in [6.45, 7) is 1.01. The van der Waals surface area contributed by atoms with Gasteiger partial charge in [-0.2, -0.15) is 5.10 Å². The van der Waals surface area contributed by atoms with E-state index in [4.69, 9.17) is 0 Å². The van der Waals surface area contributed by atoms with Crippen molar-refractivity contribution >= 4 is 11.0 Å². The number of hydrogen-bond donors (Lipinski definition) is 1. The molecule has 0 unspecified atom stereocenters. The molecule has 4 aromatic rings. The molecule has 2 aromatic heterocycles. The first-order valence-electron chi connectivity index (χ1n) is 10.9. The molecule has 1 aliphatic heterocycles.